The van der Waals surface area contributed by atoms with Crippen LogP contribution in [0.1, 0.15) is 29.3 Å². The van der Waals surface area contributed by atoms with Crippen LogP contribution in [-0.2, 0) is 11.3 Å². The van der Waals surface area contributed by atoms with Gasteiger partial charge in [-0.25, -0.2) is 4.98 Å². The van der Waals surface area contributed by atoms with E-state index in [0.717, 1.165) is 21.7 Å². The van der Waals surface area contributed by atoms with E-state index in [1.807, 2.05) is 36.7 Å². The monoisotopic (exact) mass is 420 g/mol. The van der Waals surface area contributed by atoms with E-state index in [0.29, 0.717) is 22.2 Å². The summed E-state index contributed by atoms with van der Waals surface area (Å²) in [5.74, 6) is -0.249. The van der Waals surface area contributed by atoms with Gasteiger partial charge in [0.25, 0.3) is 0 Å². The van der Waals surface area contributed by atoms with Gasteiger partial charge in [0.05, 0.1) is 28.6 Å². The van der Waals surface area contributed by atoms with Gasteiger partial charge in [-0.2, -0.15) is 0 Å². The molecule has 0 fully saturated rings. The van der Waals surface area contributed by atoms with Crippen LogP contribution >= 0.6 is 34.5 Å². The van der Waals surface area contributed by atoms with Gasteiger partial charge in [-0.3, -0.25) is 4.79 Å². The number of hydrogen-bond donors (Lipinski definition) is 2. The van der Waals surface area contributed by atoms with E-state index in [1.54, 1.807) is 29.5 Å². The summed E-state index contributed by atoms with van der Waals surface area (Å²) in [6.45, 7) is 2.38. The Kier molecular flexibility index (Phi) is 6.50. The van der Waals surface area contributed by atoms with Gasteiger partial charge in [0.15, 0.2) is 0 Å². The molecule has 1 atom stereocenters. The lowest BCUT2D eigenvalue weighted by molar-refractivity contribution is -0.123. The molecule has 4 nitrogen and oxygen atoms in total. The maximum absolute atomic E-state index is 12.1. The van der Waals surface area contributed by atoms with Crippen molar-refractivity contribution in [1.82, 2.24) is 10.3 Å². The number of thiazole rings is 1. The summed E-state index contributed by atoms with van der Waals surface area (Å²) in [7, 11) is 0. The van der Waals surface area contributed by atoms with Crippen LogP contribution in [0, 0.1) is 6.92 Å². The molecule has 27 heavy (non-hydrogen) atoms. The molecule has 3 aromatic rings. The number of halogens is 2. The standard InChI is InChI=1S/C20H18Cl2N2O2S/c1-12-20(27-11-24-12)14-4-2-13(3-5-14)10-23-19(26)9-18(25)15-6-16(21)8-17(22)7-15/h2-8,11,18,25H,9-10H2,1H3,(H,23,26). The number of aromatic nitrogens is 1. The normalized spacial score (nSPS) is 12.0. The minimum atomic E-state index is -0.960. The first-order chi connectivity index (χ1) is 12.9. The molecule has 140 valence electrons. The zero-order chi connectivity index (χ0) is 19.4. The van der Waals surface area contributed by atoms with Crippen molar-refractivity contribution in [3.8, 4) is 10.4 Å². The van der Waals surface area contributed by atoms with Gasteiger partial charge in [0, 0.05) is 16.6 Å². The summed E-state index contributed by atoms with van der Waals surface area (Å²) in [4.78, 5) is 17.5. The minimum absolute atomic E-state index is 0.0607. The van der Waals surface area contributed by atoms with E-state index < -0.39 is 6.10 Å². The molecule has 2 aromatic carbocycles. The van der Waals surface area contributed by atoms with Crippen LogP contribution in [0.4, 0.5) is 0 Å². The van der Waals surface area contributed by atoms with Crippen molar-refractivity contribution in [1.29, 1.82) is 0 Å². The molecule has 0 bridgehead atoms. The quantitative estimate of drug-likeness (QED) is 0.578. The third kappa shape index (κ3) is 5.30. The molecule has 0 saturated heterocycles. The number of aliphatic hydroxyl groups is 1. The Morgan fingerprint density at radius 1 is 1.19 bits per heavy atom. The van der Waals surface area contributed by atoms with Crippen molar-refractivity contribution in [2.45, 2.75) is 26.0 Å². The first kappa shape index (κ1) is 19.8. The second-order valence-electron chi connectivity index (χ2n) is 6.16. The van der Waals surface area contributed by atoms with Gasteiger partial charge in [-0.05, 0) is 41.8 Å². The molecule has 0 aliphatic carbocycles. The molecular formula is C20H18Cl2N2O2S. The molecule has 0 spiro atoms. The van der Waals surface area contributed by atoms with Crippen molar-refractivity contribution < 1.29 is 9.90 Å². The lowest BCUT2D eigenvalue weighted by Crippen LogP contribution is -2.24. The van der Waals surface area contributed by atoms with E-state index in [9.17, 15) is 9.90 Å². The summed E-state index contributed by atoms with van der Waals surface area (Å²) in [5.41, 5.74) is 5.45. The number of hydrogen-bond acceptors (Lipinski definition) is 4. The van der Waals surface area contributed by atoms with Crippen molar-refractivity contribution in [2.24, 2.45) is 0 Å². The minimum Gasteiger partial charge on any atom is -0.388 e. The van der Waals surface area contributed by atoms with E-state index in [2.05, 4.69) is 10.3 Å². The highest BCUT2D eigenvalue weighted by atomic mass is 35.5. The zero-order valence-corrected chi connectivity index (χ0v) is 16.9. The van der Waals surface area contributed by atoms with Crippen LogP contribution in [-0.4, -0.2) is 16.0 Å². The van der Waals surface area contributed by atoms with Crippen LogP contribution in [0.15, 0.2) is 48.0 Å². The fraction of sp³-hybridized carbons (Fsp3) is 0.200. The molecule has 0 saturated carbocycles. The van der Waals surface area contributed by atoms with Crippen LogP contribution in [0.25, 0.3) is 10.4 Å². The first-order valence-electron chi connectivity index (χ1n) is 8.32. The van der Waals surface area contributed by atoms with Crippen molar-refractivity contribution >= 4 is 40.4 Å². The second kappa shape index (κ2) is 8.85. The third-order valence-electron chi connectivity index (χ3n) is 4.10. The highest BCUT2D eigenvalue weighted by Crippen LogP contribution is 2.27. The Balaban J connectivity index is 1.55. The molecule has 0 aliphatic heterocycles. The molecule has 1 amide bonds. The molecule has 7 heteroatoms. The molecule has 1 heterocycles. The predicted molar refractivity (Wildman–Crippen MR) is 110 cm³/mol. The number of carbonyl (C=O) groups excluding carboxylic acids is 1. The summed E-state index contributed by atoms with van der Waals surface area (Å²) in [5, 5.41) is 13.9. The molecule has 0 aliphatic rings. The van der Waals surface area contributed by atoms with E-state index in [1.165, 1.54) is 0 Å². The van der Waals surface area contributed by atoms with E-state index in [-0.39, 0.29) is 12.3 Å². The third-order valence-corrected chi connectivity index (χ3v) is 5.51. The number of rotatable bonds is 6. The van der Waals surface area contributed by atoms with Gasteiger partial charge in [0.2, 0.25) is 5.91 Å². The Morgan fingerprint density at radius 2 is 1.85 bits per heavy atom. The van der Waals surface area contributed by atoms with E-state index in [4.69, 9.17) is 23.2 Å². The lowest BCUT2D eigenvalue weighted by Gasteiger charge is -2.12. The predicted octanol–water partition coefficient (Wildman–Crippen LogP) is 5.17. The summed E-state index contributed by atoms with van der Waals surface area (Å²) in [6, 6.07) is 12.8. The van der Waals surface area contributed by atoms with Gasteiger partial charge >= 0.3 is 0 Å². The van der Waals surface area contributed by atoms with Crippen LogP contribution in [0.3, 0.4) is 0 Å². The Hall–Kier alpha value is -1.92. The number of benzene rings is 2. The van der Waals surface area contributed by atoms with Crippen molar-refractivity contribution in [2.75, 3.05) is 0 Å². The number of nitrogens with one attached hydrogen (secondary N) is 1. The number of carbonyl (C=O) groups is 1. The van der Waals surface area contributed by atoms with Crippen molar-refractivity contribution in [3.63, 3.8) is 0 Å². The van der Waals surface area contributed by atoms with Crippen LogP contribution < -0.4 is 5.32 Å². The molecule has 2 N–H and O–H groups in total. The zero-order valence-electron chi connectivity index (χ0n) is 14.6. The molecule has 0 radical (unpaired) electrons. The average molecular weight is 421 g/mol. The fourth-order valence-corrected chi connectivity index (χ4v) is 4.04. The Bertz CT molecular complexity index is 921. The molecule has 1 aromatic heterocycles. The maximum Gasteiger partial charge on any atom is 0.223 e. The number of nitrogens with zero attached hydrogens (tertiary/aromatic N) is 1. The average Bonchev–Trinajstić information content (AvgIpc) is 3.05. The number of amides is 1. The van der Waals surface area contributed by atoms with E-state index >= 15 is 0 Å². The Morgan fingerprint density at radius 3 is 2.44 bits per heavy atom. The maximum atomic E-state index is 12.1. The number of aryl methyl sites for hydroxylation is 1. The van der Waals surface area contributed by atoms with Crippen LogP contribution in [0.5, 0.6) is 0 Å². The van der Waals surface area contributed by atoms with Gasteiger partial charge in [-0.1, -0.05) is 47.5 Å². The summed E-state index contributed by atoms with van der Waals surface area (Å²) in [6.07, 6.45) is -1.02. The highest BCUT2D eigenvalue weighted by molar-refractivity contribution is 7.13. The number of aliphatic hydroxyl groups excluding tert-OH is 1. The fourth-order valence-electron chi connectivity index (χ4n) is 2.69. The van der Waals surface area contributed by atoms with Gasteiger partial charge in [-0.15, -0.1) is 11.3 Å². The molecular weight excluding hydrogens is 403 g/mol. The topological polar surface area (TPSA) is 62.2 Å². The molecule has 1 unspecified atom stereocenters. The highest BCUT2D eigenvalue weighted by Gasteiger charge is 2.14. The summed E-state index contributed by atoms with van der Waals surface area (Å²) >= 11 is 13.5. The smallest absolute Gasteiger partial charge is 0.223 e. The largest absolute Gasteiger partial charge is 0.388 e. The van der Waals surface area contributed by atoms with Gasteiger partial charge < -0.3 is 10.4 Å². The SMILES string of the molecule is Cc1ncsc1-c1ccc(CNC(=O)CC(O)c2cc(Cl)cc(Cl)c2)cc1. The molecule has 3 rings (SSSR count). The summed E-state index contributed by atoms with van der Waals surface area (Å²) < 4.78 is 0. The van der Waals surface area contributed by atoms with Gasteiger partial charge in [0.1, 0.15) is 0 Å². The lowest BCUT2D eigenvalue weighted by atomic mass is 10.1. The van der Waals surface area contributed by atoms with Crippen LogP contribution in [0.2, 0.25) is 10.0 Å². The first-order valence-corrected chi connectivity index (χ1v) is 9.96. The Labute approximate surface area is 171 Å². The van der Waals surface area contributed by atoms with Crippen molar-refractivity contribution in [3.05, 3.63) is 74.8 Å². The second-order valence-corrected chi connectivity index (χ2v) is 7.89.